The van der Waals surface area contributed by atoms with E-state index in [0.29, 0.717) is 21.3 Å². The number of nitrogens with zero attached hydrogens (tertiary/aromatic N) is 2. The highest BCUT2D eigenvalue weighted by molar-refractivity contribution is 8.00. The fourth-order valence-electron chi connectivity index (χ4n) is 2.56. The number of thioether (sulfide) groups is 1. The molecule has 152 valence electrons. The first-order chi connectivity index (χ1) is 14.3. The molecule has 0 fully saturated rings. The summed E-state index contributed by atoms with van der Waals surface area (Å²) in [6, 6.07) is 13.8. The molecule has 0 bridgehead atoms. The molecule has 9 heteroatoms. The second-order valence-electron chi connectivity index (χ2n) is 6.43. The van der Waals surface area contributed by atoms with E-state index < -0.39 is 10.8 Å². The molecule has 2 aromatic carbocycles. The van der Waals surface area contributed by atoms with Crippen LogP contribution in [0.5, 0.6) is 0 Å². The minimum absolute atomic E-state index is 0.104. The highest BCUT2D eigenvalue weighted by Gasteiger charge is 2.19. The second kappa shape index (κ2) is 9.35. The lowest BCUT2D eigenvalue weighted by Crippen LogP contribution is -2.23. The number of aromatic nitrogens is 2. The van der Waals surface area contributed by atoms with Crippen LogP contribution in [-0.2, 0) is 4.79 Å². The van der Waals surface area contributed by atoms with Crippen LogP contribution in [0.4, 0.5) is 5.69 Å². The number of aromatic amines is 1. The van der Waals surface area contributed by atoms with Gasteiger partial charge in [-0.05, 0) is 43.7 Å². The summed E-state index contributed by atoms with van der Waals surface area (Å²) in [4.78, 5) is 31.9. The molecule has 0 saturated carbocycles. The Morgan fingerprint density at radius 1 is 1.23 bits per heavy atom. The molecule has 30 heavy (non-hydrogen) atoms. The molecule has 1 heterocycles. The molecule has 0 aliphatic heterocycles. The highest BCUT2D eigenvalue weighted by Crippen LogP contribution is 2.26. The summed E-state index contributed by atoms with van der Waals surface area (Å²) >= 11 is 13.1. The Labute approximate surface area is 187 Å². The van der Waals surface area contributed by atoms with E-state index in [1.54, 1.807) is 43.3 Å². The topological polar surface area (TPSA) is 98.6 Å². The van der Waals surface area contributed by atoms with Gasteiger partial charge in [0.1, 0.15) is 11.6 Å². The summed E-state index contributed by atoms with van der Waals surface area (Å²) in [7, 11) is 0. The SMILES string of the molecule is Cc1ccc(NC(=O)[C@H](C)Sc2nc(-c3ccc(Cl)cc3)c(C#N)c(=O)[nH]2)cc1Cl. The number of nitrogens with one attached hydrogen (secondary N) is 2. The van der Waals surface area contributed by atoms with E-state index >= 15 is 0 Å². The summed E-state index contributed by atoms with van der Waals surface area (Å²) in [5, 5.41) is 12.9. The first-order valence-electron chi connectivity index (χ1n) is 8.82. The fourth-order valence-corrected chi connectivity index (χ4v) is 3.67. The molecule has 0 aliphatic rings. The van der Waals surface area contributed by atoms with Crippen molar-refractivity contribution >= 4 is 46.6 Å². The van der Waals surface area contributed by atoms with Crippen LogP contribution >= 0.6 is 35.0 Å². The first kappa shape index (κ1) is 21.9. The molecular weight excluding hydrogens is 443 g/mol. The number of nitriles is 1. The van der Waals surface area contributed by atoms with Crippen molar-refractivity contribution < 1.29 is 4.79 Å². The number of H-pyrrole nitrogens is 1. The molecule has 0 radical (unpaired) electrons. The van der Waals surface area contributed by atoms with Crippen LogP contribution in [0.25, 0.3) is 11.3 Å². The maximum Gasteiger partial charge on any atom is 0.270 e. The van der Waals surface area contributed by atoms with Crippen LogP contribution in [-0.4, -0.2) is 21.1 Å². The Kier molecular flexibility index (Phi) is 6.83. The van der Waals surface area contributed by atoms with Gasteiger partial charge in [0.15, 0.2) is 5.16 Å². The Hall–Kier alpha value is -2.79. The normalized spacial score (nSPS) is 11.6. The lowest BCUT2D eigenvalue weighted by molar-refractivity contribution is -0.115. The molecule has 1 amide bonds. The smallest absolute Gasteiger partial charge is 0.270 e. The molecule has 0 aliphatic carbocycles. The largest absolute Gasteiger partial charge is 0.325 e. The standard InChI is InChI=1S/C21H16Cl2N4O2S/c1-11-3-8-15(9-17(11)23)25-19(28)12(2)30-21-26-18(16(10-24)20(29)27-21)13-4-6-14(22)7-5-13/h3-9,12H,1-2H3,(H,25,28)(H,26,27,29)/t12-/m0/s1. The van der Waals surface area contributed by atoms with Crippen molar-refractivity contribution in [1.29, 1.82) is 5.26 Å². The molecule has 0 spiro atoms. The van der Waals surface area contributed by atoms with Crippen molar-refractivity contribution in [3.05, 3.63) is 74.0 Å². The van der Waals surface area contributed by atoms with E-state index in [-0.39, 0.29) is 22.3 Å². The van der Waals surface area contributed by atoms with E-state index in [2.05, 4.69) is 15.3 Å². The minimum Gasteiger partial charge on any atom is -0.325 e. The number of anilines is 1. The third-order valence-electron chi connectivity index (χ3n) is 4.22. The van der Waals surface area contributed by atoms with Gasteiger partial charge in [-0.3, -0.25) is 9.59 Å². The van der Waals surface area contributed by atoms with Crippen LogP contribution in [0.2, 0.25) is 10.0 Å². The number of benzene rings is 2. The number of hydrogen-bond acceptors (Lipinski definition) is 5. The highest BCUT2D eigenvalue weighted by atomic mass is 35.5. The zero-order chi connectivity index (χ0) is 21.8. The Morgan fingerprint density at radius 3 is 2.57 bits per heavy atom. The summed E-state index contributed by atoms with van der Waals surface area (Å²) in [6.45, 7) is 3.56. The van der Waals surface area contributed by atoms with Crippen LogP contribution in [0.3, 0.4) is 0 Å². The maximum absolute atomic E-state index is 12.6. The van der Waals surface area contributed by atoms with Crippen molar-refractivity contribution in [2.45, 2.75) is 24.3 Å². The van der Waals surface area contributed by atoms with Gasteiger partial charge >= 0.3 is 0 Å². The van der Waals surface area contributed by atoms with E-state index in [0.717, 1.165) is 17.3 Å². The Morgan fingerprint density at radius 2 is 1.93 bits per heavy atom. The molecule has 6 nitrogen and oxygen atoms in total. The van der Waals surface area contributed by atoms with Crippen molar-refractivity contribution in [1.82, 2.24) is 9.97 Å². The summed E-state index contributed by atoms with van der Waals surface area (Å²) < 4.78 is 0. The van der Waals surface area contributed by atoms with Gasteiger partial charge in [-0.15, -0.1) is 0 Å². The molecule has 0 unspecified atom stereocenters. The van der Waals surface area contributed by atoms with E-state index in [4.69, 9.17) is 23.2 Å². The molecule has 2 N–H and O–H groups in total. The monoisotopic (exact) mass is 458 g/mol. The van der Waals surface area contributed by atoms with Crippen molar-refractivity contribution in [2.75, 3.05) is 5.32 Å². The average molecular weight is 459 g/mol. The molecular formula is C21H16Cl2N4O2S. The Bertz CT molecular complexity index is 1200. The molecule has 3 aromatic rings. The number of carbonyl (C=O) groups is 1. The van der Waals surface area contributed by atoms with Crippen LogP contribution < -0.4 is 10.9 Å². The van der Waals surface area contributed by atoms with Gasteiger partial charge in [-0.2, -0.15) is 5.26 Å². The number of aryl methyl sites for hydroxylation is 1. The van der Waals surface area contributed by atoms with Crippen molar-refractivity contribution in [2.24, 2.45) is 0 Å². The molecule has 3 rings (SSSR count). The van der Waals surface area contributed by atoms with Gasteiger partial charge in [0.05, 0.1) is 10.9 Å². The average Bonchev–Trinajstić information content (AvgIpc) is 2.71. The summed E-state index contributed by atoms with van der Waals surface area (Å²) in [5.41, 5.74) is 1.62. The number of halogens is 2. The molecule has 0 saturated heterocycles. The van der Waals surface area contributed by atoms with Crippen molar-refractivity contribution in [3.8, 4) is 17.3 Å². The lowest BCUT2D eigenvalue weighted by Gasteiger charge is -2.13. The molecule has 1 aromatic heterocycles. The number of carbonyl (C=O) groups excluding carboxylic acids is 1. The zero-order valence-corrected chi connectivity index (χ0v) is 18.3. The van der Waals surface area contributed by atoms with Gasteiger partial charge < -0.3 is 10.3 Å². The quantitative estimate of drug-likeness (QED) is 0.411. The first-order valence-corrected chi connectivity index (χ1v) is 10.5. The fraction of sp³-hybridized carbons (Fsp3) is 0.143. The summed E-state index contributed by atoms with van der Waals surface area (Å²) in [6.07, 6.45) is 0. The van der Waals surface area contributed by atoms with Crippen LogP contribution in [0.1, 0.15) is 18.1 Å². The van der Waals surface area contributed by atoms with E-state index in [1.807, 2.05) is 19.1 Å². The lowest BCUT2D eigenvalue weighted by atomic mass is 10.1. The van der Waals surface area contributed by atoms with Crippen LogP contribution in [0, 0.1) is 18.3 Å². The number of hydrogen-bond donors (Lipinski definition) is 2. The maximum atomic E-state index is 12.6. The zero-order valence-electron chi connectivity index (χ0n) is 16.0. The van der Waals surface area contributed by atoms with Crippen molar-refractivity contribution in [3.63, 3.8) is 0 Å². The summed E-state index contributed by atoms with van der Waals surface area (Å²) in [5.74, 6) is -0.278. The second-order valence-corrected chi connectivity index (χ2v) is 8.60. The van der Waals surface area contributed by atoms with Gasteiger partial charge in [-0.25, -0.2) is 4.98 Å². The van der Waals surface area contributed by atoms with Gasteiger partial charge in [-0.1, -0.05) is 53.2 Å². The van der Waals surface area contributed by atoms with Gasteiger partial charge in [0.25, 0.3) is 5.56 Å². The minimum atomic E-state index is -0.571. The van der Waals surface area contributed by atoms with E-state index in [1.165, 1.54) is 0 Å². The number of rotatable bonds is 5. The number of amides is 1. The molecule has 1 atom stereocenters. The predicted octanol–water partition coefficient (Wildman–Crippen LogP) is 5.04. The third kappa shape index (κ3) is 5.03. The van der Waals surface area contributed by atoms with E-state index in [9.17, 15) is 14.9 Å². The van der Waals surface area contributed by atoms with Gasteiger partial charge in [0.2, 0.25) is 5.91 Å². The van der Waals surface area contributed by atoms with Crippen LogP contribution in [0.15, 0.2) is 52.4 Å². The van der Waals surface area contributed by atoms with Gasteiger partial charge in [0, 0.05) is 21.3 Å². The third-order valence-corrected chi connectivity index (χ3v) is 5.87. The Balaban J connectivity index is 1.84. The predicted molar refractivity (Wildman–Crippen MR) is 120 cm³/mol.